The summed E-state index contributed by atoms with van der Waals surface area (Å²) in [6.07, 6.45) is 2.66. The van der Waals surface area contributed by atoms with Gasteiger partial charge in [-0.15, -0.1) is 0 Å². The molecule has 3 heteroatoms. The van der Waals surface area contributed by atoms with Gasteiger partial charge in [0.05, 0.1) is 0 Å². The number of nitrogens with zero attached hydrogens (tertiary/aromatic N) is 2. The van der Waals surface area contributed by atoms with Crippen LogP contribution in [0.15, 0.2) is 77.9 Å². The van der Waals surface area contributed by atoms with Crippen molar-refractivity contribution < 1.29 is 0 Å². The van der Waals surface area contributed by atoms with Gasteiger partial charge < -0.3 is 5.32 Å². The Morgan fingerprint density at radius 2 is 1.48 bits per heavy atom. The number of rotatable bonds is 7. The van der Waals surface area contributed by atoms with Gasteiger partial charge in [-0.25, -0.2) is 0 Å². The molecule has 0 bridgehead atoms. The zero-order chi connectivity index (χ0) is 20.6. The third-order valence-electron chi connectivity index (χ3n) is 5.03. The fourth-order valence-corrected chi connectivity index (χ4v) is 3.44. The van der Waals surface area contributed by atoms with E-state index in [1.54, 1.807) is 0 Å². The van der Waals surface area contributed by atoms with Crippen molar-refractivity contribution in [1.82, 2.24) is 4.98 Å². The lowest BCUT2D eigenvalue weighted by atomic mass is 9.92. The highest BCUT2D eigenvalue weighted by atomic mass is 15.0. The van der Waals surface area contributed by atoms with Gasteiger partial charge in [0.1, 0.15) is 5.84 Å². The summed E-state index contributed by atoms with van der Waals surface area (Å²) in [6.45, 7) is 9.65. The van der Waals surface area contributed by atoms with Gasteiger partial charge in [0.2, 0.25) is 0 Å². The number of aromatic nitrogens is 1. The van der Waals surface area contributed by atoms with E-state index in [0.717, 1.165) is 23.5 Å². The number of pyridine rings is 1. The third kappa shape index (κ3) is 5.54. The van der Waals surface area contributed by atoms with Gasteiger partial charge in [-0.05, 0) is 35.1 Å². The molecule has 3 aromatic rings. The number of hydrogen-bond acceptors (Lipinski definition) is 2. The molecule has 3 rings (SSSR count). The smallest absolute Gasteiger partial charge is 0.132 e. The Morgan fingerprint density at radius 3 is 2.07 bits per heavy atom. The molecule has 0 unspecified atom stereocenters. The normalized spacial score (nSPS) is 11.9. The largest absolute Gasteiger partial charge is 0.340 e. The van der Waals surface area contributed by atoms with Crippen LogP contribution in [0.5, 0.6) is 0 Å². The average molecular weight is 386 g/mol. The molecule has 0 atom stereocenters. The molecule has 1 aromatic heterocycles. The van der Waals surface area contributed by atoms with Crippen LogP contribution in [0.25, 0.3) is 0 Å². The van der Waals surface area contributed by atoms with Gasteiger partial charge in [-0.1, -0.05) is 82.3 Å². The van der Waals surface area contributed by atoms with E-state index < -0.39 is 0 Å². The van der Waals surface area contributed by atoms with E-state index in [2.05, 4.69) is 86.5 Å². The second-order valence-corrected chi connectivity index (χ2v) is 7.91. The van der Waals surface area contributed by atoms with Crippen LogP contribution in [0.2, 0.25) is 0 Å². The van der Waals surface area contributed by atoms with E-state index in [4.69, 9.17) is 4.99 Å². The summed E-state index contributed by atoms with van der Waals surface area (Å²) < 4.78 is 0. The molecule has 3 nitrogen and oxygen atoms in total. The Labute approximate surface area is 174 Å². The van der Waals surface area contributed by atoms with Crippen molar-refractivity contribution in [3.63, 3.8) is 0 Å². The number of amidine groups is 1. The molecule has 0 spiro atoms. The number of nitrogens with one attached hydrogen (secondary N) is 1. The van der Waals surface area contributed by atoms with Crippen molar-refractivity contribution in [2.24, 2.45) is 4.99 Å². The number of anilines is 1. The summed E-state index contributed by atoms with van der Waals surface area (Å²) >= 11 is 0. The molecule has 0 aliphatic carbocycles. The zero-order valence-corrected chi connectivity index (χ0v) is 17.9. The number of aliphatic imine (C=N–C) groups is 1. The minimum absolute atomic E-state index is 0.432. The summed E-state index contributed by atoms with van der Waals surface area (Å²) in [5, 5.41) is 3.71. The Morgan fingerprint density at radius 1 is 0.828 bits per heavy atom. The summed E-state index contributed by atoms with van der Waals surface area (Å²) in [6, 6.07) is 23.0. The molecule has 0 aliphatic heterocycles. The van der Waals surface area contributed by atoms with Crippen LogP contribution in [0.3, 0.4) is 0 Å². The maximum atomic E-state index is 4.95. The van der Waals surface area contributed by atoms with Gasteiger partial charge in [-0.2, -0.15) is 0 Å². The molecule has 0 radical (unpaired) electrons. The van der Waals surface area contributed by atoms with Gasteiger partial charge in [-0.3, -0.25) is 9.98 Å². The number of para-hydroxylation sites is 1. The Kier molecular flexibility index (Phi) is 7.18. The van der Waals surface area contributed by atoms with Gasteiger partial charge in [0.15, 0.2) is 0 Å². The second kappa shape index (κ2) is 10.0. The van der Waals surface area contributed by atoms with Crippen molar-refractivity contribution in [2.45, 2.75) is 46.0 Å². The Balaban J connectivity index is 1.95. The second-order valence-electron chi connectivity index (χ2n) is 7.91. The number of hydrogen-bond donors (Lipinski definition) is 1. The topological polar surface area (TPSA) is 37.3 Å². The molecule has 150 valence electrons. The average Bonchev–Trinajstić information content (AvgIpc) is 2.74. The Bertz CT molecular complexity index is 902. The molecule has 1 heterocycles. The van der Waals surface area contributed by atoms with E-state index in [-0.39, 0.29) is 0 Å². The summed E-state index contributed by atoms with van der Waals surface area (Å²) in [5.41, 5.74) is 6.00. The first kappa shape index (κ1) is 20.8. The molecular formula is C26H31N3. The predicted molar refractivity (Wildman–Crippen MR) is 124 cm³/mol. The predicted octanol–water partition coefficient (Wildman–Crippen LogP) is 6.43. The van der Waals surface area contributed by atoms with E-state index in [9.17, 15) is 0 Å². The van der Waals surface area contributed by atoms with Crippen LogP contribution in [0, 0.1) is 0 Å². The van der Waals surface area contributed by atoms with Crippen LogP contribution in [-0.2, 0) is 6.42 Å². The van der Waals surface area contributed by atoms with Crippen molar-refractivity contribution in [2.75, 3.05) is 11.9 Å². The first-order chi connectivity index (χ1) is 14.1. The lowest BCUT2D eigenvalue weighted by molar-refractivity contribution is 0.838. The fraction of sp³-hybridized carbons (Fsp3) is 0.308. The van der Waals surface area contributed by atoms with Crippen molar-refractivity contribution in [1.29, 1.82) is 0 Å². The molecule has 1 N–H and O–H groups in total. The lowest BCUT2D eigenvalue weighted by Gasteiger charge is -2.22. The molecule has 0 amide bonds. The van der Waals surface area contributed by atoms with Gasteiger partial charge in [0.25, 0.3) is 0 Å². The maximum Gasteiger partial charge on any atom is 0.132 e. The molecule has 0 fully saturated rings. The summed E-state index contributed by atoms with van der Waals surface area (Å²) in [5.74, 6) is 1.78. The standard InChI is InChI=1S/C26H31N3/c1-19(2)23-14-10-15-24(20(3)4)25(23)29-26(21-11-6-5-7-12-21)28-18-16-22-13-8-9-17-27-22/h5-15,17,19-20H,16,18H2,1-4H3,(H,28,29). The minimum Gasteiger partial charge on any atom is -0.340 e. The molecule has 2 aromatic carbocycles. The zero-order valence-electron chi connectivity index (χ0n) is 17.9. The SMILES string of the molecule is CC(C)c1cccc(C(C)C)c1NC(=NCCc1ccccn1)c1ccccc1. The van der Waals surface area contributed by atoms with Crippen molar-refractivity contribution in [3.05, 3.63) is 95.3 Å². The van der Waals surface area contributed by atoms with Gasteiger partial charge >= 0.3 is 0 Å². The quantitative estimate of drug-likeness (QED) is 0.376. The van der Waals surface area contributed by atoms with E-state index in [1.165, 1.54) is 16.8 Å². The minimum atomic E-state index is 0.432. The maximum absolute atomic E-state index is 4.95. The highest BCUT2D eigenvalue weighted by molar-refractivity contribution is 6.09. The molecule has 0 saturated heterocycles. The highest BCUT2D eigenvalue weighted by Crippen LogP contribution is 2.32. The van der Waals surface area contributed by atoms with Crippen LogP contribution >= 0.6 is 0 Å². The molecule has 29 heavy (non-hydrogen) atoms. The van der Waals surface area contributed by atoms with Crippen LogP contribution in [0.4, 0.5) is 5.69 Å². The first-order valence-corrected chi connectivity index (χ1v) is 10.5. The highest BCUT2D eigenvalue weighted by Gasteiger charge is 2.16. The lowest BCUT2D eigenvalue weighted by Crippen LogP contribution is -2.18. The van der Waals surface area contributed by atoms with Gasteiger partial charge in [0, 0.05) is 36.1 Å². The van der Waals surface area contributed by atoms with Crippen molar-refractivity contribution in [3.8, 4) is 0 Å². The van der Waals surface area contributed by atoms with Crippen LogP contribution in [0.1, 0.15) is 61.9 Å². The van der Waals surface area contributed by atoms with E-state index in [0.29, 0.717) is 18.4 Å². The van der Waals surface area contributed by atoms with E-state index >= 15 is 0 Å². The Hall–Kier alpha value is -2.94. The van der Waals surface area contributed by atoms with E-state index in [1.807, 2.05) is 24.4 Å². The molecule has 0 aliphatic rings. The number of benzene rings is 2. The summed E-state index contributed by atoms with van der Waals surface area (Å²) in [4.78, 5) is 9.37. The van der Waals surface area contributed by atoms with Crippen molar-refractivity contribution >= 4 is 11.5 Å². The third-order valence-corrected chi connectivity index (χ3v) is 5.03. The van der Waals surface area contributed by atoms with Crippen LogP contribution < -0.4 is 5.32 Å². The first-order valence-electron chi connectivity index (χ1n) is 10.5. The van der Waals surface area contributed by atoms with Crippen LogP contribution in [-0.4, -0.2) is 17.4 Å². The monoisotopic (exact) mass is 385 g/mol. The fourth-order valence-electron chi connectivity index (χ4n) is 3.44. The molecular weight excluding hydrogens is 354 g/mol. The molecule has 0 saturated carbocycles. The summed E-state index contributed by atoms with van der Waals surface area (Å²) in [7, 11) is 0.